The van der Waals surface area contributed by atoms with Crippen LogP contribution < -0.4 is 9.80 Å². The van der Waals surface area contributed by atoms with Gasteiger partial charge in [0.05, 0.1) is 0 Å². The summed E-state index contributed by atoms with van der Waals surface area (Å²) in [5.41, 5.74) is 1.92. The van der Waals surface area contributed by atoms with E-state index in [9.17, 15) is 4.79 Å². The van der Waals surface area contributed by atoms with Crippen LogP contribution in [-0.2, 0) is 0 Å². The molecule has 1 saturated heterocycles. The zero-order valence-corrected chi connectivity index (χ0v) is 12.1. The van der Waals surface area contributed by atoms with Crippen molar-refractivity contribution in [2.75, 3.05) is 36.0 Å². The Bertz CT molecular complexity index is 604. The molecule has 108 valence electrons. The van der Waals surface area contributed by atoms with E-state index in [0.717, 1.165) is 43.4 Å². The molecular formula is C16H18N4O. The molecule has 0 spiro atoms. The van der Waals surface area contributed by atoms with Crippen molar-refractivity contribution in [2.45, 2.75) is 6.92 Å². The average Bonchev–Trinajstić information content (AvgIpc) is 2.56. The molecule has 5 nitrogen and oxygen atoms in total. The Labute approximate surface area is 124 Å². The van der Waals surface area contributed by atoms with Gasteiger partial charge < -0.3 is 9.80 Å². The van der Waals surface area contributed by atoms with Crippen LogP contribution >= 0.6 is 0 Å². The van der Waals surface area contributed by atoms with Gasteiger partial charge in [-0.15, -0.1) is 0 Å². The van der Waals surface area contributed by atoms with Crippen LogP contribution in [0.3, 0.4) is 0 Å². The maximum atomic E-state index is 11.3. The van der Waals surface area contributed by atoms with Gasteiger partial charge in [-0.25, -0.2) is 9.97 Å². The molecule has 5 heteroatoms. The number of hydrogen-bond acceptors (Lipinski definition) is 5. The van der Waals surface area contributed by atoms with Crippen molar-refractivity contribution < 1.29 is 4.79 Å². The average molecular weight is 282 g/mol. The van der Waals surface area contributed by atoms with Gasteiger partial charge in [0.2, 0.25) is 5.95 Å². The molecule has 1 aromatic heterocycles. The number of rotatable bonds is 3. The normalized spacial score (nSPS) is 15.1. The van der Waals surface area contributed by atoms with Crippen molar-refractivity contribution in [1.29, 1.82) is 0 Å². The van der Waals surface area contributed by atoms with E-state index in [4.69, 9.17) is 0 Å². The Kier molecular flexibility index (Phi) is 3.81. The van der Waals surface area contributed by atoms with Gasteiger partial charge in [-0.05, 0) is 37.3 Å². The summed E-state index contributed by atoms with van der Waals surface area (Å²) in [6.45, 7) is 5.25. The molecule has 1 aromatic carbocycles. The first kappa shape index (κ1) is 13.5. The molecule has 0 radical (unpaired) electrons. The first-order chi connectivity index (χ1) is 10.2. The van der Waals surface area contributed by atoms with Gasteiger partial charge >= 0.3 is 0 Å². The molecule has 0 unspecified atom stereocenters. The molecular weight excluding hydrogens is 264 g/mol. The molecule has 2 aromatic rings. The zero-order valence-electron chi connectivity index (χ0n) is 12.1. The zero-order chi connectivity index (χ0) is 14.7. The second-order valence-electron chi connectivity index (χ2n) is 5.13. The molecule has 0 saturated carbocycles. The highest BCUT2D eigenvalue weighted by atomic mass is 16.1. The number of piperazine rings is 1. The number of benzene rings is 1. The van der Waals surface area contributed by atoms with Gasteiger partial charge in [0.25, 0.3) is 0 Å². The van der Waals surface area contributed by atoms with Crippen molar-refractivity contribution in [3.05, 3.63) is 48.3 Å². The smallest absolute Gasteiger partial charge is 0.225 e. The van der Waals surface area contributed by atoms with Crippen LogP contribution in [0.5, 0.6) is 0 Å². The van der Waals surface area contributed by atoms with Crippen LogP contribution in [0.15, 0.2) is 42.7 Å². The minimum absolute atomic E-state index is 0.104. The Morgan fingerprint density at radius 1 is 0.952 bits per heavy atom. The van der Waals surface area contributed by atoms with E-state index in [1.807, 2.05) is 30.3 Å². The lowest BCUT2D eigenvalue weighted by Crippen LogP contribution is -2.47. The number of carbonyl (C=O) groups is 1. The molecule has 1 aliphatic rings. The quantitative estimate of drug-likeness (QED) is 0.806. The molecule has 0 bridgehead atoms. The maximum absolute atomic E-state index is 11.3. The van der Waals surface area contributed by atoms with Crippen LogP contribution in [0.4, 0.5) is 11.6 Å². The number of carbonyl (C=O) groups excluding carboxylic acids is 1. The summed E-state index contributed by atoms with van der Waals surface area (Å²) in [7, 11) is 0. The Morgan fingerprint density at radius 2 is 1.52 bits per heavy atom. The lowest BCUT2D eigenvalue weighted by atomic mass is 10.1. The van der Waals surface area contributed by atoms with Crippen LogP contribution in [0.2, 0.25) is 0 Å². The lowest BCUT2D eigenvalue weighted by molar-refractivity contribution is 0.101. The number of aromatic nitrogens is 2. The fourth-order valence-corrected chi connectivity index (χ4v) is 2.53. The molecule has 1 aliphatic heterocycles. The van der Waals surface area contributed by atoms with E-state index in [0.29, 0.717) is 0 Å². The summed E-state index contributed by atoms with van der Waals surface area (Å²) in [4.78, 5) is 24.4. The summed E-state index contributed by atoms with van der Waals surface area (Å²) in [5.74, 6) is 0.900. The molecule has 21 heavy (non-hydrogen) atoms. The lowest BCUT2D eigenvalue weighted by Gasteiger charge is -2.36. The van der Waals surface area contributed by atoms with E-state index in [1.54, 1.807) is 19.3 Å². The monoisotopic (exact) mass is 282 g/mol. The molecule has 0 N–H and O–H groups in total. The fraction of sp³-hybridized carbons (Fsp3) is 0.312. The highest BCUT2D eigenvalue weighted by Gasteiger charge is 2.18. The number of hydrogen-bond donors (Lipinski definition) is 0. The summed E-state index contributed by atoms with van der Waals surface area (Å²) in [6, 6.07) is 9.65. The predicted octanol–water partition coefficient (Wildman–Crippen LogP) is 2.01. The second-order valence-corrected chi connectivity index (χ2v) is 5.13. The van der Waals surface area contributed by atoms with Crippen molar-refractivity contribution in [3.8, 4) is 0 Å². The second kappa shape index (κ2) is 5.91. The van der Waals surface area contributed by atoms with E-state index in [2.05, 4.69) is 19.8 Å². The van der Waals surface area contributed by atoms with E-state index < -0.39 is 0 Å². The minimum atomic E-state index is 0.104. The van der Waals surface area contributed by atoms with Gasteiger partial charge in [-0.2, -0.15) is 0 Å². The van der Waals surface area contributed by atoms with Gasteiger partial charge in [0.15, 0.2) is 5.78 Å². The topological polar surface area (TPSA) is 49.3 Å². The number of nitrogens with zero attached hydrogens (tertiary/aromatic N) is 4. The largest absolute Gasteiger partial charge is 0.368 e. The van der Waals surface area contributed by atoms with Crippen molar-refractivity contribution in [2.24, 2.45) is 0 Å². The summed E-state index contributed by atoms with van der Waals surface area (Å²) >= 11 is 0. The minimum Gasteiger partial charge on any atom is -0.368 e. The van der Waals surface area contributed by atoms with Gasteiger partial charge in [0, 0.05) is 49.8 Å². The Morgan fingerprint density at radius 3 is 2.10 bits per heavy atom. The SMILES string of the molecule is CC(=O)c1ccc(N2CCN(c3ncccn3)CC2)cc1. The van der Waals surface area contributed by atoms with Crippen molar-refractivity contribution in [1.82, 2.24) is 9.97 Å². The first-order valence-electron chi connectivity index (χ1n) is 7.12. The van der Waals surface area contributed by atoms with E-state index >= 15 is 0 Å². The maximum Gasteiger partial charge on any atom is 0.225 e. The highest BCUT2D eigenvalue weighted by molar-refractivity contribution is 5.94. The summed E-state index contributed by atoms with van der Waals surface area (Å²) in [6.07, 6.45) is 3.55. The van der Waals surface area contributed by atoms with Crippen molar-refractivity contribution in [3.63, 3.8) is 0 Å². The standard InChI is InChI=1S/C16H18N4O/c1-13(21)14-3-5-15(6-4-14)19-9-11-20(12-10-19)16-17-7-2-8-18-16/h2-8H,9-12H2,1H3. The van der Waals surface area contributed by atoms with Crippen LogP contribution in [0.25, 0.3) is 0 Å². The van der Waals surface area contributed by atoms with Gasteiger partial charge in [-0.3, -0.25) is 4.79 Å². The molecule has 0 aliphatic carbocycles. The fourth-order valence-electron chi connectivity index (χ4n) is 2.53. The van der Waals surface area contributed by atoms with Crippen LogP contribution in [0, 0.1) is 0 Å². The third-order valence-electron chi connectivity index (χ3n) is 3.75. The third-order valence-corrected chi connectivity index (χ3v) is 3.75. The third kappa shape index (κ3) is 3.02. The molecule has 0 amide bonds. The summed E-state index contributed by atoms with van der Waals surface area (Å²) < 4.78 is 0. The summed E-state index contributed by atoms with van der Waals surface area (Å²) in [5, 5.41) is 0. The number of anilines is 2. The highest BCUT2D eigenvalue weighted by Crippen LogP contribution is 2.19. The van der Waals surface area contributed by atoms with Gasteiger partial charge in [-0.1, -0.05) is 0 Å². The van der Waals surface area contributed by atoms with E-state index in [1.165, 1.54) is 0 Å². The van der Waals surface area contributed by atoms with Gasteiger partial charge in [0.1, 0.15) is 0 Å². The molecule has 2 heterocycles. The predicted molar refractivity (Wildman–Crippen MR) is 82.9 cm³/mol. The van der Waals surface area contributed by atoms with Crippen LogP contribution in [-0.4, -0.2) is 41.9 Å². The Balaban J connectivity index is 1.64. The number of Topliss-reactive ketones (excluding diaryl/α,β-unsaturated/α-hetero) is 1. The van der Waals surface area contributed by atoms with Crippen LogP contribution in [0.1, 0.15) is 17.3 Å². The molecule has 0 atom stereocenters. The molecule has 3 rings (SSSR count). The molecule has 1 fully saturated rings. The first-order valence-corrected chi connectivity index (χ1v) is 7.12. The van der Waals surface area contributed by atoms with E-state index in [-0.39, 0.29) is 5.78 Å². The van der Waals surface area contributed by atoms with Crippen molar-refractivity contribution >= 4 is 17.4 Å². The Hall–Kier alpha value is -2.43. The number of ketones is 1.